The summed E-state index contributed by atoms with van der Waals surface area (Å²) in [5, 5.41) is 2.80. The Kier molecular flexibility index (Phi) is 5.11. The van der Waals surface area contributed by atoms with Gasteiger partial charge in [-0.15, -0.1) is 0 Å². The molecule has 1 heterocycles. The molecular formula is C15H20N4O3. The van der Waals surface area contributed by atoms with Crippen LogP contribution in [-0.2, 0) is 6.54 Å². The molecule has 0 saturated carbocycles. The molecule has 7 nitrogen and oxygen atoms in total. The number of carbonyl (C=O) groups is 1. The zero-order valence-corrected chi connectivity index (χ0v) is 12.5. The number of carbonyl (C=O) groups excluding carboxylic acids is 1. The molecule has 0 unspecified atom stereocenters. The minimum Gasteiger partial charge on any atom is -0.352 e. The number of amides is 1. The van der Waals surface area contributed by atoms with Gasteiger partial charge in [0.1, 0.15) is 0 Å². The summed E-state index contributed by atoms with van der Waals surface area (Å²) in [6.45, 7) is 3.34. The standard InChI is InChI=1S/C15H20N4O3/c1-2-19-12-6-5-10(13(20)17-8-4-3-7-16)9-11(12)18-14(21)15(19)22/h5-6,9H,2-4,7-8,16H2,1H3,(H,17,20)(H,18,21). The summed E-state index contributed by atoms with van der Waals surface area (Å²) in [5.41, 5.74) is 5.64. The second-order valence-electron chi connectivity index (χ2n) is 4.99. The molecule has 0 atom stereocenters. The highest BCUT2D eigenvalue weighted by molar-refractivity contribution is 5.97. The van der Waals surface area contributed by atoms with Gasteiger partial charge in [0.05, 0.1) is 11.0 Å². The first-order valence-corrected chi connectivity index (χ1v) is 7.33. The number of aryl methyl sites for hydroxylation is 1. The van der Waals surface area contributed by atoms with Crippen molar-refractivity contribution in [3.8, 4) is 0 Å². The first-order valence-electron chi connectivity index (χ1n) is 7.33. The molecule has 1 amide bonds. The molecule has 1 aromatic carbocycles. The van der Waals surface area contributed by atoms with E-state index in [0.29, 0.717) is 36.2 Å². The molecule has 2 aromatic rings. The number of hydrogen-bond donors (Lipinski definition) is 3. The van der Waals surface area contributed by atoms with Gasteiger partial charge >= 0.3 is 11.1 Å². The van der Waals surface area contributed by atoms with Gasteiger partial charge in [0.15, 0.2) is 0 Å². The van der Waals surface area contributed by atoms with Crippen LogP contribution >= 0.6 is 0 Å². The lowest BCUT2D eigenvalue weighted by Gasteiger charge is -2.09. The van der Waals surface area contributed by atoms with E-state index < -0.39 is 11.1 Å². The summed E-state index contributed by atoms with van der Waals surface area (Å²) in [7, 11) is 0. The van der Waals surface area contributed by atoms with E-state index >= 15 is 0 Å². The van der Waals surface area contributed by atoms with Gasteiger partial charge in [-0.25, -0.2) is 0 Å². The van der Waals surface area contributed by atoms with Gasteiger partial charge in [-0.2, -0.15) is 0 Å². The van der Waals surface area contributed by atoms with Gasteiger partial charge < -0.3 is 20.6 Å². The van der Waals surface area contributed by atoms with Gasteiger partial charge in [0.25, 0.3) is 5.91 Å². The Labute approximate surface area is 127 Å². The lowest BCUT2D eigenvalue weighted by atomic mass is 10.1. The molecule has 1 aromatic heterocycles. The molecule has 0 aliphatic heterocycles. The van der Waals surface area contributed by atoms with Gasteiger partial charge in [-0.1, -0.05) is 0 Å². The lowest BCUT2D eigenvalue weighted by Crippen LogP contribution is -2.36. The maximum Gasteiger partial charge on any atom is 0.316 e. The predicted octanol–water partition coefficient (Wildman–Crippen LogP) is 0.178. The van der Waals surface area contributed by atoms with Crippen molar-refractivity contribution in [3.63, 3.8) is 0 Å². The van der Waals surface area contributed by atoms with Gasteiger partial charge in [0.2, 0.25) is 0 Å². The highest BCUT2D eigenvalue weighted by atomic mass is 16.2. The van der Waals surface area contributed by atoms with Crippen LogP contribution < -0.4 is 22.2 Å². The van der Waals surface area contributed by atoms with E-state index in [9.17, 15) is 14.4 Å². The topological polar surface area (TPSA) is 110 Å². The van der Waals surface area contributed by atoms with Gasteiger partial charge in [-0.3, -0.25) is 14.4 Å². The summed E-state index contributed by atoms with van der Waals surface area (Å²) in [6, 6.07) is 4.90. The number of nitrogens with two attached hydrogens (primary N) is 1. The molecule has 0 fully saturated rings. The van der Waals surface area contributed by atoms with Crippen molar-refractivity contribution in [1.29, 1.82) is 0 Å². The third-order valence-corrected chi connectivity index (χ3v) is 3.47. The van der Waals surface area contributed by atoms with E-state index in [4.69, 9.17) is 5.73 Å². The molecule has 118 valence electrons. The van der Waals surface area contributed by atoms with Crippen LogP contribution in [0.5, 0.6) is 0 Å². The smallest absolute Gasteiger partial charge is 0.316 e. The fourth-order valence-electron chi connectivity index (χ4n) is 2.31. The van der Waals surface area contributed by atoms with Crippen molar-refractivity contribution in [2.75, 3.05) is 13.1 Å². The molecule has 0 radical (unpaired) electrons. The van der Waals surface area contributed by atoms with Crippen LogP contribution in [0.1, 0.15) is 30.1 Å². The summed E-state index contributed by atoms with van der Waals surface area (Å²) in [5.74, 6) is -0.214. The van der Waals surface area contributed by atoms with E-state index in [1.165, 1.54) is 4.57 Å². The molecule has 22 heavy (non-hydrogen) atoms. The minimum absolute atomic E-state index is 0.214. The lowest BCUT2D eigenvalue weighted by molar-refractivity contribution is 0.0953. The number of aromatic nitrogens is 2. The van der Waals surface area contributed by atoms with Crippen molar-refractivity contribution in [2.45, 2.75) is 26.3 Å². The number of hydrogen-bond acceptors (Lipinski definition) is 4. The number of nitrogens with zero attached hydrogens (tertiary/aromatic N) is 1. The minimum atomic E-state index is -0.685. The van der Waals surface area contributed by atoms with E-state index in [1.54, 1.807) is 25.1 Å². The Morgan fingerprint density at radius 2 is 2.09 bits per heavy atom. The Morgan fingerprint density at radius 1 is 1.32 bits per heavy atom. The summed E-state index contributed by atoms with van der Waals surface area (Å²) in [4.78, 5) is 38.0. The van der Waals surface area contributed by atoms with Crippen LogP contribution in [0.15, 0.2) is 27.8 Å². The number of unbranched alkanes of at least 4 members (excludes halogenated alkanes) is 1. The number of H-pyrrole nitrogens is 1. The monoisotopic (exact) mass is 304 g/mol. The van der Waals surface area contributed by atoms with Crippen molar-refractivity contribution in [3.05, 3.63) is 44.5 Å². The van der Waals surface area contributed by atoms with Crippen LogP contribution in [0.2, 0.25) is 0 Å². The van der Waals surface area contributed by atoms with Crippen molar-refractivity contribution in [2.24, 2.45) is 5.73 Å². The number of fused-ring (bicyclic) bond motifs is 1. The van der Waals surface area contributed by atoms with Crippen molar-refractivity contribution in [1.82, 2.24) is 14.9 Å². The molecule has 4 N–H and O–H groups in total. The Hall–Kier alpha value is -2.41. The van der Waals surface area contributed by atoms with E-state index in [-0.39, 0.29) is 5.91 Å². The van der Waals surface area contributed by atoms with Crippen LogP contribution in [0.4, 0.5) is 0 Å². The molecule has 0 spiro atoms. The molecule has 0 bridgehead atoms. The Balaban J connectivity index is 2.31. The van der Waals surface area contributed by atoms with E-state index in [2.05, 4.69) is 10.3 Å². The SMILES string of the molecule is CCn1c(=O)c(=O)[nH]c2cc(C(=O)NCCCCN)ccc21. The summed E-state index contributed by atoms with van der Waals surface area (Å²) < 4.78 is 1.39. The fraction of sp³-hybridized carbons (Fsp3) is 0.400. The summed E-state index contributed by atoms with van der Waals surface area (Å²) in [6.07, 6.45) is 1.68. The number of nitrogens with one attached hydrogen (secondary N) is 2. The molecule has 0 aliphatic rings. The van der Waals surface area contributed by atoms with Crippen LogP contribution in [0, 0.1) is 0 Å². The highest BCUT2D eigenvalue weighted by Gasteiger charge is 2.10. The normalized spacial score (nSPS) is 10.8. The molecule has 7 heteroatoms. The van der Waals surface area contributed by atoms with Crippen LogP contribution in [0.25, 0.3) is 11.0 Å². The zero-order valence-electron chi connectivity index (χ0n) is 12.5. The predicted molar refractivity (Wildman–Crippen MR) is 85.1 cm³/mol. The zero-order chi connectivity index (χ0) is 16.1. The maximum absolute atomic E-state index is 12.1. The fourth-order valence-corrected chi connectivity index (χ4v) is 2.31. The van der Waals surface area contributed by atoms with Gasteiger partial charge in [0, 0.05) is 18.7 Å². The van der Waals surface area contributed by atoms with Crippen LogP contribution in [-0.4, -0.2) is 28.5 Å². The quantitative estimate of drug-likeness (QED) is 0.522. The highest BCUT2D eigenvalue weighted by Crippen LogP contribution is 2.11. The second-order valence-corrected chi connectivity index (χ2v) is 4.99. The van der Waals surface area contributed by atoms with Crippen molar-refractivity contribution >= 4 is 16.9 Å². The molecule has 2 rings (SSSR count). The maximum atomic E-state index is 12.1. The second kappa shape index (κ2) is 7.04. The first-order chi connectivity index (χ1) is 10.6. The number of rotatable bonds is 6. The van der Waals surface area contributed by atoms with E-state index in [1.807, 2.05) is 0 Å². The first kappa shape index (κ1) is 16.0. The number of aromatic amines is 1. The van der Waals surface area contributed by atoms with Crippen molar-refractivity contribution < 1.29 is 4.79 Å². The molecule has 0 aliphatic carbocycles. The Morgan fingerprint density at radius 3 is 2.77 bits per heavy atom. The third-order valence-electron chi connectivity index (χ3n) is 3.47. The largest absolute Gasteiger partial charge is 0.352 e. The molecule has 0 saturated heterocycles. The third kappa shape index (κ3) is 3.25. The Bertz CT molecular complexity index is 791. The summed E-state index contributed by atoms with van der Waals surface area (Å²) >= 11 is 0. The average Bonchev–Trinajstić information content (AvgIpc) is 2.52. The van der Waals surface area contributed by atoms with E-state index in [0.717, 1.165) is 12.8 Å². The average molecular weight is 304 g/mol. The van der Waals surface area contributed by atoms with Crippen LogP contribution in [0.3, 0.4) is 0 Å². The molecular weight excluding hydrogens is 284 g/mol. The number of benzene rings is 1. The van der Waals surface area contributed by atoms with Gasteiger partial charge in [-0.05, 0) is 44.5 Å².